The molecule has 1 aliphatic rings. The van der Waals surface area contributed by atoms with E-state index in [1.807, 2.05) is 68.9 Å². The fourth-order valence-corrected chi connectivity index (χ4v) is 4.60. The van der Waals surface area contributed by atoms with Gasteiger partial charge < -0.3 is 14.5 Å². The van der Waals surface area contributed by atoms with Crippen molar-refractivity contribution in [2.24, 2.45) is 0 Å². The number of pyridine rings is 2. The Balaban J connectivity index is 1.36. The number of aryl methyl sites for hydroxylation is 1. The highest BCUT2D eigenvalue weighted by molar-refractivity contribution is 7.09. The molecule has 5 heterocycles. The van der Waals surface area contributed by atoms with E-state index in [0.29, 0.717) is 26.2 Å². The zero-order valence-electron chi connectivity index (χ0n) is 19.7. The molecule has 176 valence electrons. The van der Waals surface area contributed by atoms with Gasteiger partial charge in [0.1, 0.15) is 11.4 Å². The summed E-state index contributed by atoms with van der Waals surface area (Å²) in [5.74, 6) is 1.59. The zero-order valence-corrected chi connectivity index (χ0v) is 20.5. The second kappa shape index (κ2) is 8.68. The first-order valence-corrected chi connectivity index (χ1v) is 12.0. The molecule has 0 saturated carbocycles. The van der Waals surface area contributed by atoms with E-state index >= 15 is 0 Å². The Labute approximate surface area is 202 Å². The van der Waals surface area contributed by atoms with Crippen LogP contribution in [0.5, 0.6) is 0 Å². The van der Waals surface area contributed by atoms with Crippen molar-refractivity contribution >= 4 is 34.3 Å². The van der Waals surface area contributed by atoms with Crippen molar-refractivity contribution in [3.8, 4) is 16.4 Å². The van der Waals surface area contributed by atoms with Crippen LogP contribution in [0.3, 0.4) is 0 Å². The minimum atomic E-state index is -0.495. The van der Waals surface area contributed by atoms with Crippen LogP contribution in [-0.4, -0.2) is 66.9 Å². The summed E-state index contributed by atoms with van der Waals surface area (Å²) in [4.78, 5) is 26.8. The molecule has 34 heavy (non-hydrogen) atoms. The first-order chi connectivity index (χ1) is 16.3. The maximum Gasteiger partial charge on any atom is 0.410 e. The minimum Gasteiger partial charge on any atom is -0.444 e. The van der Waals surface area contributed by atoms with E-state index in [-0.39, 0.29) is 6.09 Å². The van der Waals surface area contributed by atoms with Crippen molar-refractivity contribution in [3.05, 3.63) is 48.4 Å². The maximum atomic E-state index is 12.4. The van der Waals surface area contributed by atoms with Crippen molar-refractivity contribution in [2.75, 3.05) is 31.1 Å². The van der Waals surface area contributed by atoms with E-state index in [9.17, 15) is 4.79 Å². The third-order valence-corrected chi connectivity index (χ3v) is 6.43. The van der Waals surface area contributed by atoms with Crippen molar-refractivity contribution in [1.82, 2.24) is 29.0 Å². The Morgan fingerprint density at radius 1 is 1.06 bits per heavy atom. The van der Waals surface area contributed by atoms with E-state index in [1.165, 1.54) is 11.5 Å². The summed E-state index contributed by atoms with van der Waals surface area (Å²) in [6.07, 6.45) is 3.37. The van der Waals surface area contributed by atoms with E-state index < -0.39 is 5.60 Å². The SMILES string of the molecule is Cc1cc(-c2cc3c(cn2)cnn3-c2cccc(N3CCN(C(=O)OC(C)(C)C)CC3)n2)sn1. The van der Waals surface area contributed by atoms with Gasteiger partial charge in [0.2, 0.25) is 0 Å². The number of carbonyl (C=O) groups is 1. The average molecular weight is 478 g/mol. The molecule has 0 atom stereocenters. The predicted molar refractivity (Wildman–Crippen MR) is 133 cm³/mol. The number of ether oxygens (including phenoxy) is 1. The highest BCUT2D eigenvalue weighted by Crippen LogP contribution is 2.27. The highest BCUT2D eigenvalue weighted by Gasteiger charge is 2.26. The largest absolute Gasteiger partial charge is 0.444 e. The molecule has 0 bridgehead atoms. The lowest BCUT2D eigenvalue weighted by molar-refractivity contribution is 0.0240. The van der Waals surface area contributed by atoms with Crippen molar-refractivity contribution in [3.63, 3.8) is 0 Å². The highest BCUT2D eigenvalue weighted by atomic mass is 32.1. The second-order valence-electron chi connectivity index (χ2n) is 9.33. The predicted octanol–water partition coefficient (Wildman–Crippen LogP) is 4.30. The van der Waals surface area contributed by atoms with Crippen LogP contribution in [0.4, 0.5) is 10.6 Å². The Kier molecular flexibility index (Phi) is 5.68. The summed E-state index contributed by atoms with van der Waals surface area (Å²) < 4.78 is 11.7. The molecule has 0 aliphatic carbocycles. The molecule has 5 rings (SSSR count). The zero-order chi connectivity index (χ0) is 23.9. The normalized spacial score (nSPS) is 14.6. The van der Waals surface area contributed by atoms with Crippen molar-refractivity contribution in [1.29, 1.82) is 0 Å². The van der Waals surface area contributed by atoms with Crippen LogP contribution in [0, 0.1) is 6.92 Å². The van der Waals surface area contributed by atoms with Gasteiger partial charge in [-0.05, 0) is 63.5 Å². The number of rotatable bonds is 3. The summed E-state index contributed by atoms with van der Waals surface area (Å²) >= 11 is 1.44. The Hall–Kier alpha value is -3.53. The van der Waals surface area contributed by atoms with E-state index in [4.69, 9.17) is 9.72 Å². The van der Waals surface area contributed by atoms with Gasteiger partial charge >= 0.3 is 6.09 Å². The van der Waals surface area contributed by atoms with Crippen LogP contribution in [-0.2, 0) is 4.74 Å². The molecule has 4 aromatic heterocycles. The van der Waals surface area contributed by atoms with E-state index in [1.54, 1.807) is 11.1 Å². The Morgan fingerprint density at radius 3 is 2.53 bits per heavy atom. The van der Waals surface area contributed by atoms with Crippen LogP contribution in [0.2, 0.25) is 0 Å². The van der Waals surface area contributed by atoms with Gasteiger partial charge in [0.15, 0.2) is 5.82 Å². The lowest BCUT2D eigenvalue weighted by atomic mass is 10.2. The molecule has 10 heteroatoms. The molecule has 4 aromatic rings. The molecule has 1 amide bonds. The smallest absolute Gasteiger partial charge is 0.410 e. The second-order valence-corrected chi connectivity index (χ2v) is 10.1. The molecule has 1 aliphatic heterocycles. The molecule has 0 aromatic carbocycles. The third kappa shape index (κ3) is 4.58. The first-order valence-electron chi connectivity index (χ1n) is 11.2. The topological polar surface area (TPSA) is 89.3 Å². The molecule has 0 spiro atoms. The summed E-state index contributed by atoms with van der Waals surface area (Å²) in [6.45, 7) is 10.2. The molecule has 9 nitrogen and oxygen atoms in total. The van der Waals surface area contributed by atoms with Crippen LogP contribution in [0.15, 0.2) is 42.7 Å². The summed E-state index contributed by atoms with van der Waals surface area (Å²) in [5, 5.41) is 5.52. The van der Waals surface area contributed by atoms with Gasteiger partial charge in [0.25, 0.3) is 0 Å². The van der Waals surface area contributed by atoms with Crippen LogP contribution in [0.1, 0.15) is 26.5 Å². The lowest BCUT2D eigenvalue weighted by Crippen LogP contribution is -2.50. The van der Waals surface area contributed by atoms with Gasteiger partial charge in [-0.1, -0.05) is 6.07 Å². The Bertz CT molecular complexity index is 1330. The summed E-state index contributed by atoms with van der Waals surface area (Å²) in [6, 6.07) is 9.99. The van der Waals surface area contributed by atoms with E-state index in [2.05, 4.69) is 19.4 Å². The Morgan fingerprint density at radius 2 is 1.82 bits per heavy atom. The van der Waals surface area contributed by atoms with Gasteiger partial charge in [-0.25, -0.2) is 14.5 Å². The summed E-state index contributed by atoms with van der Waals surface area (Å²) in [5.41, 5.74) is 2.30. The molecule has 1 saturated heterocycles. The minimum absolute atomic E-state index is 0.266. The number of fused-ring (bicyclic) bond motifs is 1. The van der Waals surface area contributed by atoms with Gasteiger partial charge in [0, 0.05) is 37.8 Å². The number of nitrogens with zero attached hydrogens (tertiary/aromatic N) is 7. The number of anilines is 1. The quantitative estimate of drug-likeness (QED) is 0.434. The fourth-order valence-electron chi connectivity index (χ4n) is 3.87. The van der Waals surface area contributed by atoms with Gasteiger partial charge in [-0.3, -0.25) is 4.98 Å². The van der Waals surface area contributed by atoms with E-state index in [0.717, 1.165) is 38.8 Å². The third-order valence-electron chi connectivity index (χ3n) is 5.52. The van der Waals surface area contributed by atoms with Gasteiger partial charge in [0.05, 0.1) is 28.0 Å². The number of amides is 1. The van der Waals surface area contributed by atoms with Gasteiger partial charge in [-0.2, -0.15) is 9.47 Å². The van der Waals surface area contributed by atoms with Crippen LogP contribution in [0.25, 0.3) is 27.3 Å². The average Bonchev–Trinajstić information content (AvgIpc) is 3.44. The standard InChI is InChI=1S/C24H27N7O2S/c1-16-12-20(34-28-16)18-13-19-17(14-25-18)15-26-31(19)22-7-5-6-21(27-22)29-8-10-30(11-9-29)23(32)33-24(2,3)4/h5-7,12-15H,8-11H2,1-4H3. The van der Waals surface area contributed by atoms with Gasteiger partial charge in [-0.15, -0.1) is 0 Å². The number of piperazine rings is 1. The molecule has 0 radical (unpaired) electrons. The molecule has 1 fully saturated rings. The lowest BCUT2D eigenvalue weighted by Gasteiger charge is -2.36. The van der Waals surface area contributed by atoms with Crippen molar-refractivity contribution in [2.45, 2.75) is 33.3 Å². The molecular weight excluding hydrogens is 450 g/mol. The molecule has 0 unspecified atom stereocenters. The fraction of sp³-hybridized carbons (Fsp3) is 0.375. The molecule has 0 N–H and O–H groups in total. The number of hydrogen-bond acceptors (Lipinski definition) is 8. The summed E-state index contributed by atoms with van der Waals surface area (Å²) in [7, 11) is 0. The van der Waals surface area contributed by atoms with Crippen molar-refractivity contribution < 1.29 is 9.53 Å². The molecular formula is C24H27N7O2S. The number of aromatic nitrogens is 5. The number of carbonyl (C=O) groups excluding carboxylic acids is 1. The van der Waals surface area contributed by atoms with Crippen LogP contribution >= 0.6 is 11.5 Å². The first kappa shape index (κ1) is 22.3. The number of hydrogen-bond donors (Lipinski definition) is 0. The maximum absolute atomic E-state index is 12.4. The van der Waals surface area contributed by atoms with Crippen LogP contribution < -0.4 is 4.90 Å². The monoisotopic (exact) mass is 477 g/mol.